The molecule has 0 atom stereocenters. The van der Waals surface area contributed by atoms with Gasteiger partial charge in [-0.1, -0.05) is 23.8 Å². The quantitative estimate of drug-likeness (QED) is 0.530. The van der Waals surface area contributed by atoms with Crippen molar-refractivity contribution in [2.24, 2.45) is 0 Å². The third-order valence-corrected chi connectivity index (χ3v) is 4.65. The van der Waals surface area contributed by atoms with Gasteiger partial charge in [0.1, 0.15) is 19.0 Å². The maximum atomic E-state index is 11.7. The van der Waals surface area contributed by atoms with Gasteiger partial charge in [-0.15, -0.1) is 0 Å². The molecule has 0 saturated carbocycles. The summed E-state index contributed by atoms with van der Waals surface area (Å²) < 4.78 is 17.1. The molecule has 0 bridgehead atoms. The molecule has 146 valence electrons. The summed E-state index contributed by atoms with van der Waals surface area (Å²) in [6.07, 6.45) is 1.65. The Hall–Kier alpha value is -2.93. The summed E-state index contributed by atoms with van der Waals surface area (Å²) in [5.41, 5.74) is 1.93. The van der Waals surface area contributed by atoms with Crippen molar-refractivity contribution in [3.63, 3.8) is 0 Å². The van der Waals surface area contributed by atoms with E-state index in [1.165, 1.54) is 5.56 Å². The van der Waals surface area contributed by atoms with Gasteiger partial charge in [-0.3, -0.25) is 14.9 Å². The Bertz CT molecular complexity index is 892. The second-order valence-electron chi connectivity index (χ2n) is 6.00. The van der Waals surface area contributed by atoms with Gasteiger partial charge < -0.3 is 14.2 Å². The van der Waals surface area contributed by atoms with E-state index in [0.29, 0.717) is 36.2 Å². The molecular formula is C21H21NO5S. The summed E-state index contributed by atoms with van der Waals surface area (Å²) in [6, 6.07) is 13.2. The van der Waals surface area contributed by atoms with Crippen LogP contribution in [0.15, 0.2) is 47.4 Å². The van der Waals surface area contributed by atoms with Crippen molar-refractivity contribution in [1.29, 1.82) is 0 Å². The van der Waals surface area contributed by atoms with Gasteiger partial charge in [0.2, 0.25) is 0 Å². The molecule has 6 nitrogen and oxygen atoms in total. The van der Waals surface area contributed by atoms with Crippen LogP contribution in [0.2, 0.25) is 0 Å². The molecule has 1 fully saturated rings. The van der Waals surface area contributed by atoms with Crippen molar-refractivity contribution in [3.8, 4) is 17.2 Å². The molecule has 0 radical (unpaired) electrons. The molecule has 2 aromatic rings. The predicted octanol–water partition coefficient (Wildman–Crippen LogP) is 4.18. The molecule has 3 rings (SSSR count). The van der Waals surface area contributed by atoms with Gasteiger partial charge in [-0.25, -0.2) is 0 Å². The van der Waals surface area contributed by atoms with E-state index in [-0.39, 0.29) is 11.1 Å². The highest BCUT2D eigenvalue weighted by Gasteiger charge is 2.25. The minimum absolute atomic E-state index is 0.354. The Kier molecular flexibility index (Phi) is 6.60. The molecule has 1 N–H and O–H groups in total. The minimum atomic E-state index is -0.387. The third-order valence-electron chi connectivity index (χ3n) is 3.84. The number of carbonyl (C=O) groups is 2. The topological polar surface area (TPSA) is 73.9 Å². The lowest BCUT2D eigenvalue weighted by atomic mass is 10.2. The van der Waals surface area contributed by atoms with E-state index >= 15 is 0 Å². The van der Waals surface area contributed by atoms with Gasteiger partial charge >= 0.3 is 0 Å². The van der Waals surface area contributed by atoms with Crippen molar-refractivity contribution in [3.05, 3.63) is 58.5 Å². The predicted molar refractivity (Wildman–Crippen MR) is 109 cm³/mol. The Balaban J connectivity index is 1.62. The lowest BCUT2D eigenvalue weighted by Crippen LogP contribution is -2.17. The van der Waals surface area contributed by atoms with E-state index in [9.17, 15) is 9.59 Å². The zero-order valence-electron chi connectivity index (χ0n) is 15.7. The van der Waals surface area contributed by atoms with Crippen LogP contribution in [0.1, 0.15) is 18.1 Å². The molecule has 0 unspecified atom stereocenters. The molecule has 7 heteroatoms. The Labute approximate surface area is 167 Å². The van der Waals surface area contributed by atoms with E-state index in [2.05, 4.69) is 5.32 Å². The molecule has 1 heterocycles. The first-order valence-corrected chi connectivity index (χ1v) is 9.71. The van der Waals surface area contributed by atoms with Gasteiger partial charge in [0.25, 0.3) is 11.1 Å². The van der Waals surface area contributed by atoms with E-state index < -0.39 is 0 Å². The van der Waals surface area contributed by atoms with Gasteiger partial charge in [-0.05, 0) is 61.5 Å². The Morgan fingerprint density at radius 2 is 1.71 bits per heavy atom. The average molecular weight is 399 g/mol. The Morgan fingerprint density at radius 3 is 2.39 bits per heavy atom. The molecular weight excluding hydrogens is 378 g/mol. The first-order chi connectivity index (χ1) is 13.5. The highest BCUT2D eigenvalue weighted by Crippen LogP contribution is 2.31. The second kappa shape index (κ2) is 9.32. The highest BCUT2D eigenvalue weighted by molar-refractivity contribution is 8.18. The summed E-state index contributed by atoms with van der Waals surface area (Å²) in [7, 11) is 0. The zero-order valence-corrected chi connectivity index (χ0v) is 16.5. The fourth-order valence-corrected chi connectivity index (χ4v) is 3.20. The maximum absolute atomic E-state index is 11.7. The number of imide groups is 1. The third kappa shape index (κ3) is 5.29. The fraction of sp³-hybridized carbons (Fsp3) is 0.238. The number of nitrogens with one attached hydrogen (secondary N) is 1. The van der Waals surface area contributed by atoms with E-state index in [4.69, 9.17) is 14.2 Å². The summed E-state index contributed by atoms with van der Waals surface area (Å²) in [5.74, 6) is 1.57. The van der Waals surface area contributed by atoms with Crippen molar-refractivity contribution in [2.45, 2.75) is 13.8 Å². The van der Waals surface area contributed by atoms with Crippen LogP contribution in [-0.4, -0.2) is 31.0 Å². The maximum Gasteiger partial charge on any atom is 0.290 e. The number of hydrogen-bond acceptors (Lipinski definition) is 6. The number of hydrogen-bond donors (Lipinski definition) is 1. The lowest BCUT2D eigenvalue weighted by Gasteiger charge is -2.13. The standard InChI is InChI=1S/C21H21NO5S/c1-3-25-18-12-15(13-19-20(23)22-21(24)28-19)6-9-17(18)27-11-10-26-16-7-4-14(2)5-8-16/h4-9,12-13H,3,10-11H2,1-2H3,(H,22,23,24)/b19-13-. The SMILES string of the molecule is CCOc1cc(/C=C2\SC(=O)NC2=O)ccc1OCCOc1ccc(C)cc1. The van der Waals surface area contributed by atoms with Crippen LogP contribution >= 0.6 is 11.8 Å². The molecule has 2 aromatic carbocycles. The van der Waals surface area contributed by atoms with Crippen LogP contribution in [0.3, 0.4) is 0 Å². The zero-order chi connectivity index (χ0) is 19.9. The van der Waals surface area contributed by atoms with Gasteiger partial charge in [0.05, 0.1) is 11.5 Å². The number of aryl methyl sites for hydroxylation is 1. The molecule has 1 aliphatic heterocycles. The number of benzene rings is 2. The van der Waals surface area contributed by atoms with Crippen LogP contribution in [0.5, 0.6) is 17.2 Å². The lowest BCUT2D eigenvalue weighted by molar-refractivity contribution is -0.115. The van der Waals surface area contributed by atoms with E-state index in [1.807, 2.05) is 44.2 Å². The van der Waals surface area contributed by atoms with Crippen LogP contribution in [0.4, 0.5) is 4.79 Å². The first kappa shape index (κ1) is 19.8. The largest absolute Gasteiger partial charge is 0.490 e. The summed E-state index contributed by atoms with van der Waals surface area (Å²) in [4.78, 5) is 23.3. The molecule has 0 aliphatic carbocycles. The van der Waals surface area contributed by atoms with E-state index in [1.54, 1.807) is 18.2 Å². The molecule has 1 aliphatic rings. The number of rotatable bonds is 8. The van der Waals surface area contributed by atoms with Crippen molar-refractivity contribution >= 4 is 29.0 Å². The highest BCUT2D eigenvalue weighted by atomic mass is 32.2. The summed E-state index contributed by atoms with van der Waals surface area (Å²) >= 11 is 0.880. The van der Waals surface area contributed by atoms with Gasteiger partial charge in [0, 0.05) is 0 Å². The van der Waals surface area contributed by atoms with Crippen molar-refractivity contribution in [1.82, 2.24) is 5.32 Å². The Morgan fingerprint density at radius 1 is 0.964 bits per heavy atom. The van der Waals surface area contributed by atoms with Gasteiger partial charge in [0.15, 0.2) is 11.5 Å². The number of carbonyl (C=O) groups excluding carboxylic acids is 2. The number of thioether (sulfide) groups is 1. The first-order valence-electron chi connectivity index (χ1n) is 8.89. The molecule has 0 aromatic heterocycles. The average Bonchev–Trinajstić information content (AvgIpc) is 2.99. The molecule has 1 saturated heterocycles. The smallest absolute Gasteiger partial charge is 0.290 e. The second-order valence-corrected chi connectivity index (χ2v) is 7.02. The number of ether oxygens (including phenoxy) is 3. The molecule has 2 amide bonds. The van der Waals surface area contributed by atoms with Gasteiger partial charge in [-0.2, -0.15) is 0 Å². The van der Waals surface area contributed by atoms with Crippen LogP contribution in [-0.2, 0) is 4.79 Å². The number of amides is 2. The van der Waals surface area contributed by atoms with Crippen molar-refractivity contribution < 1.29 is 23.8 Å². The summed E-state index contributed by atoms with van der Waals surface area (Å²) in [5, 5.41) is 1.87. The summed E-state index contributed by atoms with van der Waals surface area (Å²) in [6.45, 7) is 5.15. The molecule has 0 spiro atoms. The molecule has 28 heavy (non-hydrogen) atoms. The van der Waals surface area contributed by atoms with Crippen LogP contribution in [0.25, 0.3) is 6.08 Å². The monoisotopic (exact) mass is 399 g/mol. The van der Waals surface area contributed by atoms with E-state index in [0.717, 1.165) is 23.1 Å². The van der Waals surface area contributed by atoms with Crippen LogP contribution in [0, 0.1) is 6.92 Å². The normalized spacial score (nSPS) is 14.9. The minimum Gasteiger partial charge on any atom is -0.490 e. The van der Waals surface area contributed by atoms with Crippen molar-refractivity contribution in [2.75, 3.05) is 19.8 Å². The fourth-order valence-electron chi connectivity index (χ4n) is 2.52. The van der Waals surface area contributed by atoms with Crippen LogP contribution < -0.4 is 19.5 Å².